The average molecular weight is 513 g/mol. The molecule has 1 saturated carbocycles. The Bertz CT molecular complexity index is 1350. The zero-order valence-corrected chi connectivity index (χ0v) is 20.7. The standard InChI is InChI=1S/C25H26ClFN6O3/c1-13-5-17(19(27)12-29-13)20-8-22(32-31-20)24(35)33-4-3-14(23(28)34)9-25(33)10-15(25)6-21-18(26)7-16(36-2)11-30-21/h5,7-8,11-12,14-15H,3-4,6,9-10H2,1-2H3,(H2,28,34)(H,31,32). The summed E-state index contributed by atoms with van der Waals surface area (Å²) in [6.07, 6.45) is 4.95. The summed E-state index contributed by atoms with van der Waals surface area (Å²) >= 11 is 6.42. The molecule has 0 aromatic carbocycles. The van der Waals surface area contributed by atoms with E-state index in [4.69, 9.17) is 22.1 Å². The van der Waals surface area contributed by atoms with Gasteiger partial charge in [-0.2, -0.15) is 5.10 Å². The zero-order valence-electron chi connectivity index (χ0n) is 19.9. The molecule has 2 fully saturated rings. The number of ether oxygens (including phenoxy) is 1. The summed E-state index contributed by atoms with van der Waals surface area (Å²) in [6.45, 7) is 2.13. The fraction of sp³-hybridized carbons (Fsp3) is 0.400. The van der Waals surface area contributed by atoms with Gasteiger partial charge in [-0.25, -0.2) is 4.39 Å². The largest absolute Gasteiger partial charge is 0.495 e. The Kier molecular flexibility index (Phi) is 6.15. The Morgan fingerprint density at radius 2 is 2.08 bits per heavy atom. The molecule has 0 bridgehead atoms. The number of piperidine rings is 1. The first-order chi connectivity index (χ1) is 17.2. The fourth-order valence-electron chi connectivity index (χ4n) is 5.30. The predicted octanol–water partition coefficient (Wildman–Crippen LogP) is 3.32. The lowest BCUT2D eigenvalue weighted by atomic mass is 9.86. The molecule has 0 radical (unpaired) electrons. The molecule has 2 aliphatic rings. The maximum Gasteiger partial charge on any atom is 0.274 e. The van der Waals surface area contributed by atoms with Crippen molar-refractivity contribution in [3.8, 4) is 17.0 Å². The van der Waals surface area contributed by atoms with E-state index in [-0.39, 0.29) is 29.3 Å². The third kappa shape index (κ3) is 4.30. The number of rotatable bonds is 6. The van der Waals surface area contributed by atoms with Crippen LogP contribution in [0.3, 0.4) is 0 Å². The Balaban J connectivity index is 1.41. The van der Waals surface area contributed by atoms with E-state index in [0.717, 1.165) is 6.20 Å². The van der Waals surface area contributed by atoms with E-state index in [1.807, 2.05) is 0 Å². The maximum atomic E-state index is 14.3. The van der Waals surface area contributed by atoms with Crippen molar-refractivity contribution >= 4 is 23.4 Å². The van der Waals surface area contributed by atoms with Crippen molar-refractivity contribution in [1.29, 1.82) is 0 Å². The number of H-pyrrole nitrogens is 1. The van der Waals surface area contributed by atoms with Crippen LogP contribution in [0, 0.1) is 24.6 Å². The van der Waals surface area contributed by atoms with Gasteiger partial charge in [0.25, 0.3) is 5.91 Å². The molecule has 1 spiro atoms. The SMILES string of the molecule is COc1cnc(CC2CC23CC(C(N)=O)CCN3C(=O)c2cc(-c3cc(C)ncc3F)[nH]n2)c(Cl)c1. The van der Waals surface area contributed by atoms with Gasteiger partial charge in [0.05, 0.1) is 35.9 Å². The second kappa shape index (κ2) is 9.16. The van der Waals surface area contributed by atoms with Gasteiger partial charge in [0, 0.05) is 35.3 Å². The van der Waals surface area contributed by atoms with Gasteiger partial charge < -0.3 is 15.4 Å². The molecule has 3 aromatic rings. The summed E-state index contributed by atoms with van der Waals surface area (Å²) in [5.74, 6) is -0.843. The Labute approximate surface area is 212 Å². The van der Waals surface area contributed by atoms with Crippen LogP contribution >= 0.6 is 11.6 Å². The summed E-state index contributed by atoms with van der Waals surface area (Å²) in [7, 11) is 1.54. The van der Waals surface area contributed by atoms with Crippen LogP contribution in [-0.2, 0) is 11.2 Å². The van der Waals surface area contributed by atoms with Crippen LogP contribution in [0.5, 0.6) is 5.75 Å². The van der Waals surface area contributed by atoms with Crippen molar-refractivity contribution in [2.24, 2.45) is 17.6 Å². The normalized spacial score (nSPS) is 23.1. The lowest BCUT2D eigenvalue weighted by Crippen LogP contribution is -2.51. The topological polar surface area (TPSA) is 127 Å². The van der Waals surface area contributed by atoms with Crippen LogP contribution in [0.2, 0.25) is 5.02 Å². The first-order valence-electron chi connectivity index (χ1n) is 11.7. The van der Waals surface area contributed by atoms with E-state index in [0.29, 0.717) is 65.6 Å². The highest BCUT2D eigenvalue weighted by Crippen LogP contribution is 2.57. The third-order valence-electron chi connectivity index (χ3n) is 7.33. The molecule has 5 rings (SSSR count). The van der Waals surface area contributed by atoms with Gasteiger partial charge in [-0.05, 0) is 50.7 Å². The minimum atomic E-state index is -0.544. The van der Waals surface area contributed by atoms with Crippen LogP contribution in [0.25, 0.3) is 11.3 Å². The van der Waals surface area contributed by atoms with Crippen molar-refractivity contribution < 1.29 is 18.7 Å². The molecule has 11 heteroatoms. The highest BCUT2D eigenvalue weighted by molar-refractivity contribution is 6.31. The van der Waals surface area contributed by atoms with Crippen LogP contribution in [0.15, 0.2) is 30.6 Å². The number of primary amides is 1. The molecular weight excluding hydrogens is 487 g/mol. The number of nitrogens with two attached hydrogens (primary N) is 1. The number of aromatic nitrogens is 4. The number of aromatic amines is 1. The van der Waals surface area contributed by atoms with Crippen molar-refractivity contribution in [1.82, 2.24) is 25.1 Å². The zero-order chi connectivity index (χ0) is 25.6. The predicted molar refractivity (Wildman–Crippen MR) is 130 cm³/mol. The molecule has 36 heavy (non-hydrogen) atoms. The van der Waals surface area contributed by atoms with E-state index in [2.05, 4.69) is 20.2 Å². The minimum absolute atomic E-state index is 0.0562. The molecule has 3 unspecified atom stereocenters. The van der Waals surface area contributed by atoms with Crippen molar-refractivity contribution in [3.63, 3.8) is 0 Å². The van der Waals surface area contributed by atoms with Gasteiger partial charge in [-0.1, -0.05) is 11.6 Å². The van der Waals surface area contributed by atoms with Crippen molar-refractivity contribution in [2.75, 3.05) is 13.7 Å². The van der Waals surface area contributed by atoms with Gasteiger partial charge in [-0.3, -0.25) is 24.7 Å². The minimum Gasteiger partial charge on any atom is -0.495 e. The van der Waals surface area contributed by atoms with Gasteiger partial charge in [0.2, 0.25) is 5.91 Å². The van der Waals surface area contributed by atoms with Gasteiger partial charge in [0.1, 0.15) is 5.75 Å². The lowest BCUT2D eigenvalue weighted by molar-refractivity contribution is -0.124. The number of aryl methyl sites for hydroxylation is 1. The molecule has 3 N–H and O–H groups in total. The number of carbonyl (C=O) groups excluding carboxylic acids is 2. The Hall–Kier alpha value is -3.53. The van der Waals surface area contributed by atoms with Gasteiger partial charge in [-0.15, -0.1) is 0 Å². The number of likely N-dealkylation sites (tertiary alicyclic amines) is 1. The third-order valence-corrected chi connectivity index (χ3v) is 7.66. The number of carbonyl (C=O) groups is 2. The molecular formula is C25H26ClFN6O3. The number of halogens is 2. The molecule has 3 aromatic heterocycles. The quantitative estimate of drug-likeness (QED) is 0.521. The summed E-state index contributed by atoms with van der Waals surface area (Å²) in [6, 6.07) is 4.85. The molecule has 9 nitrogen and oxygen atoms in total. The van der Waals surface area contributed by atoms with Crippen LogP contribution < -0.4 is 10.5 Å². The summed E-state index contributed by atoms with van der Waals surface area (Å²) in [4.78, 5) is 35.8. The summed E-state index contributed by atoms with van der Waals surface area (Å²) in [5.41, 5.74) is 7.33. The van der Waals surface area contributed by atoms with E-state index in [1.165, 1.54) is 0 Å². The second-order valence-electron chi connectivity index (χ2n) is 9.53. The number of hydrogen-bond acceptors (Lipinski definition) is 6. The molecule has 188 valence electrons. The maximum absolute atomic E-state index is 14.3. The molecule has 1 aliphatic heterocycles. The fourth-order valence-corrected chi connectivity index (χ4v) is 5.54. The molecule has 1 aliphatic carbocycles. The Morgan fingerprint density at radius 1 is 1.28 bits per heavy atom. The Morgan fingerprint density at radius 3 is 2.81 bits per heavy atom. The first-order valence-corrected chi connectivity index (χ1v) is 12.1. The highest BCUT2D eigenvalue weighted by atomic mass is 35.5. The summed E-state index contributed by atoms with van der Waals surface area (Å²) in [5, 5.41) is 7.45. The average Bonchev–Trinajstić information content (AvgIpc) is 3.28. The monoisotopic (exact) mass is 512 g/mol. The van der Waals surface area contributed by atoms with Crippen LogP contribution in [0.4, 0.5) is 4.39 Å². The van der Waals surface area contributed by atoms with Crippen LogP contribution in [-0.4, -0.2) is 56.1 Å². The molecule has 1 saturated heterocycles. The number of amides is 2. The van der Waals surface area contributed by atoms with E-state index in [1.54, 1.807) is 43.3 Å². The molecule has 4 heterocycles. The van der Waals surface area contributed by atoms with Crippen molar-refractivity contribution in [2.45, 2.75) is 38.1 Å². The second-order valence-corrected chi connectivity index (χ2v) is 9.94. The molecule has 2 amide bonds. The first kappa shape index (κ1) is 24.2. The van der Waals surface area contributed by atoms with Crippen LogP contribution in [0.1, 0.15) is 41.1 Å². The highest BCUT2D eigenvalue weighted by Gasteiger charge is 2.62. The van der Waals surface area contributed by atoms with E-state index in [9.17, 15) is 14.0 Å². The van der Waals surface area contributed by atoms with Gasteiger partial charge >= 0.3 is 0 Å². The number of hydrogen-bond donors (Lipinski definition) is 2. The number of methoxy groups -OCH3 is 1. The van der Waals surface area contributed by atoms with Crippen molar-refractivity contribution in [3.05, 3.63) is 58.5 Å². The number of pyridine rings is 2. The van der Waals surface area contributed by atoms with E-state index < -0.39 is 11.4 Å². The smallest absolute Gasteiger partial charge is 0.274 e. The summed E-state index contributed by atoms with van der Waals surface area (Å²) < 4.78 is 19.5. The lowest BCUT2D eigenvalue weighted by Gasteiger charge is -2.40. The number of nitrogens with one attached hydrogen (secondary N) is 1. The molecule has 3 atom stereocenters. The number of nitrogens with zero attached hydrogens (tertiary/aromatic N) is 4. The van der Waals surface area contributed by atoms with Gasteiger partial charge in [0.15, 0.2) is 11.5 Å². The van der Waals surface area contributed by atoms with E-state index >= 15 is 0 Å².